The topological polar surface area (TPSA) is 68.0 Å². The summed E-state index contributed by atoms with van der Waals surface area (Å²) < 4.78 is 0. The fourth-order valence-corrected chi connectivity index (χ4v) is 1.12. The van der Waals surface area contributed by atoms with Gasteiger partial charge >= 0.3 is 0 Å². The van der Waals surface area contributed by atoms with E-state index in [4.69, 9.17) is 5.73 Å². The third-order valence-electron chi connectivity index (χ3n) is 2.55. The van der Waals surface area contributed by atoms with Gasteiger partial charge in [0.15, 0.2) is 0 Å². The van der Waals surface area contributed by atoms with Crippen LogP contribution in [-0.2, 0) is 11.3 Å². The van der Waals surface area contributed by atoms with Crippen molar-refractivity contribution in [1.82, 2.24) is 10.3 Å². The number of carbonyl (C=O) groups is 1. The molecule has 0 aliphatic carbocycles. The number of hydrogen-bond donors (Lipinski definition) is 2. The smallest absolute Gasteiger partial charge is 0.227 e. The first-order valence-electron chi connectivity index (χ1n) is 5.35. The van der Waals surface area contributed by atoms with Crippen LogP contribution in [0, 0.1) is 12.3 Å². The monoisotopic (exact) mass is 221 g/mol. The molecular formula is C12H19N3O. The highest BCUT2D eigenvalue weighted by molar-refractivity contribution is 5.81. The SMILES string of the molecule is Cc1ccc(CNC(=O)C(C)(C)CN)cn1. The van der Waals surface area contributed by atoms with E-state index in [1.165, 1.54) is 0 Å². The molecule has 0 saturated carbocycles. The number of aromatic nitrogens is 1. The van der Waals surface area contributed by atoms with Crippen LogP contribution in [0.1, 0.15) is 25.1 Å². The second-order valence-corrected chi connectivity index (χ2v) is 4.58. The number of aryl methyl sites for hydroxylation is 1. The molecule has 0 radical (unpaired) electrons. The molecule has 0 spiro atoms. The van der Waals surface area contributed by atoms with E-state index in [1.807, 2.05) is 32.9 Å². The fraction of sp³-hybridized carbons (Fsp3) is 0.500. The Morgan fingerprint density at radius 3 is 2.69 bits per heavy atom. The van der Waals surface area contributed by atoms with Gasteiger partial charge in [-0.25, -0.2) is 0 Å². The summed E-state index contributed by atoms with van der Waals surface area (Å²) in [6.07, 6.45) is 1.77. The first kappa shape index (κ1) is 12.6. The van der Waals surface area contributed by atoms with Crippen LogP contribution in [0.2, 0.25) is 0 Å². The number of carbonyl (C=O) groups excluding carboxylic acids is 1. The molecule has 0 atom stereocenters. The van der Waals surface area contributed by atoms with Crippen molar-refractivity contribution >= 4 is 5.91 Å². The lowest BCUT2D eigenvalue weighted by molar-refractivity contribution is -0.129. The average Bonchev–Trinajstić information content (AvgIpc) is 2.28. The molecule has 0 fully saturated rings. The third-order valence-corrected chi connectivity index (χ3v) is 2.55. The van der Waals surface area contributed by atoms with Gasteiger partial charge in [-0.3, -0.25) is 9.78 Å². The number of pyridine rings is 1. The molecule has 0 aliphatic heterocycles. The van der Waals surface area contributed by atoms with E-state index in [9.17, 15) is 4.79 Å². The summed E-state index contributed by atoms with van der Waals surface area (Å²) in [7, 11) is 0. The van der Waals surface area contributed by atoms with Gasteiger partial charge in [0.2, 0.25) is 5.91 Å². The molecule has 4 nitrogen and oxygen atoms in total. The first-order chi connectivity index (χ1) is 7.45. The molecule has 3 N–H and O–H groups in total. The number of nitrogens with zero attached hydrogens (tertiary/aromatic N) is 1. The molecule has 0 unspecified atom stereocenters. The molecule has 0 saturated heterocycles. The molecule has 0 aromatic carbocycles. The Balaban J connectivity index is 2.52. The van der Waals surface area contributed by atoms with Crippen LogP contribution in [0.25, 0.3) is 0 Å². The molecule has 1 rings (SSSR count). The molecule has 1 heterocycles. The van der Waals surface area contributed by atoms with E-state index in [-0.39, 0.29) is 5.91 Å². The Hall–Kier alpha value is -1.42. The Morgan fingerprint density at radius 2 is 2.19 bits per heavy atom. The molecule has 4 heteroatoms. The van der Waals surface area contributed by atoms with Crippen molar-refractivity contribution in [3.05, 3.63) is 29.6 Å². The molecule has 1 aromatic heterocycles. The molecule has 0 bridgehead atoms. The van der Waals surface area contributed by atoms with Gasteiger partial charge in [0.1, 0.15) is 0 Å². The minimum atomic E-state index is -0.516. The Morgan fingerprint density at radius 1 is 1.50 bits per heavy atom. The predicted octanol–water partition coefficient (Wildman–Crippen LogP) is 0.991. The molecule has 1 aromatic rings. The molecule has 88 valence electrons. The van der Waals surface area contributed by atoms with Gasteiger partial charge in [0.05, 0.1) is 5.41 Å². The van der Waals surface area contributed by atoms with Crippen LogP contribution in [0.15, 0.2) is 18.3 Å². The summed E-state index contributed by atoms with van der Waals surface area (Å²) in [6.45, 7) is 6.42. The lowest BCUT2D eigenvalue weighted by atomic mass is 9.93. The van der Waals surface area contributed by atoms with E-state index in [2.05, 4.69) is 10.3 Å². The lowest BCUT2D eigenvalue weighted by Gasteiger charge is -2.21. The zero-order valence-corrected chi connectivity index (χ0v) is 10.1. The van der Waals surface area contributed by atoms with Gasteiger partial charge in [-0.05, 0) is 32.4 Å². The van der Waals surface area contributed by atoms with Crippen molar-refractivity contribution in [2.45, 2.75) is 27.3 Å². The summed E-state index contributed by atoms with van der Waals surface area (Å²) >= 11 is 0. The van der Waals surface area contributed by atoms with E-state index in [1.54, 1.807) is 6.20 Å². The van der Waals surface area contributed by atoms with Crippen molar-refractivity contribution in [1.29, 1.82) is 0 Å². The van der Waals surface area contributed by atoms with Crippen LogP contribution >= 0.6 is 0 Å². The minimum Gasteiger partial charge on any atom is -0.351 e. The Kier molecular flexibility index (Phi) is 4.01. The normalized spacial score (nSPS) is 11.2. The summed E-state index contributed by atoms with van der Waals surface area (Å²) in [4.78, 5) is 15.9. The van der Waals surface area contributed by atoms with Crippen LogP contribution in [-0.4, -0.2) is 17.4 Å². The van der Waals surface area contributed by atoms with Crippen LogP contribution in [0.4, 0.5) is 0 Å². The van der Waals surface area contributed by atoms with Crippen molar-refractivity contribution in [3.63, 3.8) is 0 Å². The summed E-state index contributed by atoms with van der Waals surface area (Å²) in [5.74, 6) is -0.0319. The van der Waals surface area contributed by atoms with Gasteiger partial charge in [0, 0.05) is 25.0 Å². The highest BCUT2D eigenvalue weighted by atomic mass is 16.2. The maximum Gasteiger partial charge on any atom is 0.227 e. The number of nitrogens with two attached hydrogens (primary N) is 1. The van der Waals surface area contributed by atoms with Crippen LogP contribution < -0.4 is 11.1 Å². The number of hydrogen-bond acceptors (Lipinski definition) is 3. The van der Waals surface area contributed by atoms with Crippen LogP contribution in [0.5, 0.6) is 0 Å². The highest BCUT2D eigenvalue weighted by Gasteiger charge is 2.25. The zero-order valence-electron chi connectivity index (χ0n) is 10.1. The van der Waals surface area contributed by atoms with E-state index < -0.39 is 5.41 Å². The van der Waals surface area contributed by atoms with Crippen molar-refractivity contribution < 1.29 is 4.79 Å². The van der Waals surface area contributed by atoms with E-state index in [0.717, 1.165) is 11.3 Å². The number of amides is 1. The fourth-order valence-electron chi connectivity index (χ4n) is 1.12. The quantitative estimate of drug-likeness (QED) is 0.796. The van der Waals surface area contributed by atoms with Crippen molar-refractivity contribution in [2.75, 3.05) is 6.54 Å². The molecular weight excluding hydrogens is 202 g/mol. The Bertz CT molecular complexity index is 357. The largest absolute Gasteiger partial charge is 0.351 e. The predicted molar refractivity (Wildman–Crippen MR) is 63.7 cm³/mol. The first-order valence-corrected chi connectivity index (χ1v) is 5.35. The molecule has 16 heavy (non-hydrogen) atoms. The Labute approximate surface area is 96.3 Å². The van der Waals surface area contributed by atoms with Crippen molar-refractivity contribution in [3.8, 4) is 0 Å². The summed E-state index contributed by atoms with van der Waals surface area (Å²) in [5, 5.41) is 2.85. The summed E-state index contributed by atoms with van der Waals surface area (Å²) in [5.41, 5.74) is 6.97. The average molecular weight is 221 g/mol. The minimum absolute atomic E-state index is 0.0319. The highest BCUT2D eigenvalue weighted by Crippen LogP contribution is 2.12. The number of rotatable bonds is 4. The van der Waals surface area contributed by atoms with Crippen LogP contribution in [0.3, 0.4) is 0 Å². The molecule has 0 aliphatic rings. The van der Waals surface area contributed by atoms with E-state index in [0.29, 0.717) is 13.1 Å². The van der Waals surface area contributed by atoms with Gasteiger partial charge in [-0.1, -0.05) is 6.07 Å². The summed E-state index contributed by atoms with van der Waals surface area (Å²) in [6, 6.07) is 3.88. The van der Waals surface area contributed by atoms with E-state index >= 15 is 0 Å². The van der Waals surface area contributed by atoms with Gasteiger partial charge in [0.25, 0.3) is 0 Å². The van der Waals surface area contributed by atoms with Gasteiger partial charge in [-0.15, -0.1) is 0 Å². The molecule has 1 amide bonds. The van der Waals surface area contributed by atoms with Gasteiger partial charge in [-0.2, -0.15) is 0 Å². The maximum absolute atomic E-state index is 11.7. The standard InChI is InChI=1S/C12H19N3O/c1-9-4-5-10(6-14-9)7-15-11(16)12(2,3)8-13/h4-6H,7-8,13H2,1-3H3,(H,15,16). The second kappa shape index (κ2) is 5.07. The third kappa shape index (κ3) is 3.31. The zero-order chi connectivity index (χ0) is 12.2. The van der Waals surface area contributed by atoms with Crippen molar-refractivity contribution in [2.24, 2.45) is 11.1 Å². The second-order valence-electron chi connectivity index (χ2n) is 4.58. The van der Waals surface area contributed by atoms with Gasteiger partial charge < -0.3 is 11.1 Å². The maximum atomic E-state index is 11.7. The number of nitrogens with one attached hydrogen (secondary N) is 1. The lowest BCUT2D eigenvalue weighted by Crippen LogP contribution is -2.41.